The number of nitrogens with one attached hydrogen (secondary N) is 1. The van der Waals surface area contributed by atoms with Crippen molar-refractivity contribution in [2.75, 3.05) is 12.4 Å². The first kappa shape index (κ1) is 13.3. The highest BCUT2D eigenvalue weighted by atomic mass is 35.5. The summed E-state index contributed by atoms with van der Waals surface area (Å²) in [5, 5.41) is 3.13. The number of carbonyl (C=O) groups is 2. The highest BCUT2D eigenvalue weighted by Gasteiger charge is 2.03. The minimum atomic E-state index is -0.464. The van der Waals surface area contributed by atoms with Gasteiger partial charge in [-0.15, -0.1) is 0 Å². The molecule has 0 atom stereocenters. The Kier molecular flexibility index (Phi) is 4.72. The Morgan fingerprint density at radius 2 is 2.12 bits per heavy atom. The summed E-state index contributed by atoms with van der Waals surface area (Å²) in [5.41, 5.74) is 1.22. The highest BCUT2D eigenvalue weighted by molar-refractivity contribution is 6.31. The molecule has 17 heavy (non-hydrogen) atoms. The lowest BCUT2D eigenvalue weighted by atomic mass is 10.1. The summed E-state index contributed by atoms with van der Waals surface area (Å²) >= 11 is 5.82. The largest absolute Gasteiger partial charge is 0.466 e. The third kappa shape index (κ3) is 4.28. The topological polar surface area (TPSA) is 55.4 Å². The summed E-state index contributed by atoms with van der Waals surface area (Å²) in [7, 11) is 1.29. The zero-order valence-electron chi connectivity index (χ0n) is 9.49. The Labute approximate surface area is 104 Å². The number of anilines is 1. The summed E-state index contributed by atoms with van der Waals surface area (Å²) in [6.07, 6.45) is 2.82. The molecule has 0 bridgehead atoms. The van der Waals surface area contributed by atoms with Crippen molar-refractivity contribution in [3.63, 3.8) is 0 Å². The van der Waals surface area contributed by atoms with E-state index >= 15 is 0 Å². The first-order chi connectivity index (χ1) is 8.02. The van der Waals surface area contributed by atoms with E-state index in [0.717, 1.165) is 0 Å². The molecule has 0 aliphatic heterocycles. The van der Waals surface area contributed by atoms with Gasteiger partial charge in [0.25, 0.3) is 0 Å². The summed E-state index contributed by atoms with van der Waals surface area (Å²) < 4.78 is 4.48. The average Bonchev–Trinajstić information content (AvgIpc) is 2.26. The van der Waals surface area contributed by atoms with Crippen molar-refractivity contribution < 1.29 is 14.3 Å². The van der Waals surface area contributed by atoms with Gasteiger partial charge in [0, 0.05) is 23.7 Å². The molecule has 1 amide bonds. The summed E-state index contributed by atoms with van der Waals surface area (Å²) in [6.45, 7) is 1.40. The van der Waals surface area contributed by atoms with Gasteiger partial charge >= 0.3 is 5.97 Å². The zero-order chi connectivity index (χ0) is 12.8. The van der Waals surface area contributed by atoms with Crippen LogP contribution in [-0.2, 0) is 14.3 Å². The molecular formula is C12H12ClNO3. The van der Waals surface area contributed by atoms with Crippen molar-refractivity contribution in [1.82, 2.24) is 0 Å². The smallest absolute Gasteiger partial charge is 0.330 e. The van der Waals surface area contributed by atoms with Crippen LogP contribution in [0.25, 0.3) is 6.08 Å². The normalized spacial score (nSPS) is 10.3. The summed E-state index contributed by atoms with van der Waals surface area (Å²) in [6, 6.07) is 4.98. The predicted octanol–water partition coefficient (Wildman–Crippen LogP) is 2.48. The number of hydrogen-bond donors (Lipinski definition) is 1. The molecule has 0 aliphatic carbocycles. The number of hydrogen-bond acceptors (Lipinski definition) is 3. The highest BCUT2D eigenvalue weighted by Crippen LogP contribution is 2.22. The van der Waals surface area contributed by atoms with Gasteiger partial charge in [0.1, 0.15) is 0 Å². The molecule has 5 heteroatoms. The van der Waals surface area contributed by atoms with E-state index in [1.165, 1.54) is 20.1 Å². The van der Waals surface area contributed by atoms with E-state index < -0.39 is 5.97 Å². The SMILES string of the molecule is COC(=O)/C=C/c1ccc(Cl)cc1NC(C)=O. The van der Waals surface area contributed by atoms with Crippen molar-refractivity contribution >= 4 is 35.2 Å². The van der Waals surface area contributed by atoms with Crippen LogP contribution >= 0.6 is 11.6 Å². The van der Waals surface area contributed by atoms with Crippen molar-refractivity contribution in [2.45, 2.75) is 6.92 Å². The Bertz CT molecular complexity index is 469. The van der Waals surface area contributed by atoms with Gasteiger partial charge in [0.05, 0.1) is 7.11 Å². The number of benzene rings is 1. The molecule has 0 aliphatic rings. The Hall–Kier alpha value is -1.81. The number of carbonyl (C=O) groups excluding carboxylic acids is 2. The summed E-state index contributed by atoms with van der Waals surface area (Å²) in [5.74, 6) is -0.672. The van der Waals surface area contributed by atoms with Gasteiger partial charge < -0.3 is 10.1 Å². The number of amides is 1. The van der Waals surface area contributed by atoms with E-state index in [2.05, 4.69) is 10.1 Å². The lowest BCUT2D eigenvalue weighted by Gasteiger charge is -2.06. The van der Waals surface area contributed by atoms with E-state index in [1.807, 2.05) is 0 Å². The Morgan fingerprint density at radius 3 is 2.71 bits per heavy atom. The van der Waals surface area contributed by atoms with Gasteiger partial charge in [-0.05, 0) is 23.8 Å². The molecule has 0 radical (unpaired) electrons. The van der Waals surface area contributed by atoms with Gasteiger partial charge in [-0.2, -0.15) is 0 Å². The molecule has 0 unspecified atom stereocenters. The number of methoxy groups -OCH3 is 1. The molecule has 0 heterocycles. The van der Waals surface area contributed by atoms with Crippen molar-refractivity contribution in [3.8, 4) is 0 Å². The fourth-order valence-corrected chi connectivity index (χ4v) is 1.37. The third-order valence-electron chi connectivity index (χ3n) is 1.93. The average molecular weight is 254 g/mol. The number of rotatable bonds is 3. The van der Waals surface area contributed by atoms with Crippen LogP contribution in [0, 0.1) is 0 Å². The monoisotopic (exact) mass is 253 g/mol. The van der Waals surface area contributed by atoms with Crippen LogP contribution in [0.4, 0.5) is 5.69 Å². The first-order valence-corrected chi connectivity index (χ1v) is 5.24. The van der Waals surface area contributed by atoms with Gasteiger partial charge in [0.15, 0.2) is 0 Å². The van der Waals surface area contributed by atoms with Gasteiger partial charge in [-0.3, -0.25) is 4.79 Å². The van der Waals surface area contributed by atoms with Crippen LogP contribution in [0.15, 0.2) is 24.3 Å². The molecule has 1 N–H and O–H groups in total. The minimum Gasteiger partial charge on any atom is -0.466 e. The van der Waals surface area contributed by atoms with Crippen molar-refractivity contribution in [2.24, 2.45) is 0 Å². The van der Waals surface area contributed by atoms with E-state index in [4.69, 9.17) is 11.6 Å². The maximum absolute atomic E-state index is 11.0. The van der Waals surface area contributed by atoms with E-state index in [1.54, 1.807) is 24.3 Å². The molecule has 90 valence electrons. The molecule has 1 aromatic carbocycles. The number of halogens is 1. The van der Waals surface area contributed by atoms with Crippen LogP contribution in [0.1, 0.15) is 12.5 Å². The van der Waals surface area contributed by atoms with Crippen molar-refractivity contribution in [3.05, 3.63) is 34.9 Å². The molecule has 0 saturated carbocycles. The molecule has 1 rings (SSSR count). The Morgan fingerprint density at radius 1 is 1.41 bits per heavy atom. The second kappa shape index (κ2) is 6.06. The van der Waals surface area contributed by atoms with Crippen LogP contribution in [0.3, 0.4) is 0 Å². The standard InChI is InChI=1S/C12H12ClNO3/c1-8(15)14-11-7-10(13)5-3-9(11)4-6-12(16)17-2/h3-7H,1-2H3,(H,14,15)/b6-4+. The lowest BCUT2D eigenvalue weighted by Crippen LogP contribution is -2.07. The van der Waals surface area contributed by atoms with Gasteiger partial charge in [0.2, 0.25) is 5.91 Å². The maximum Gasteiger partial charge on any atom is 0.330 e. The first-order valence-electron chi connectivity index (χ1n) is 4.86. The molecule has 0 saturated heterocycles. The van der Waals surface area contributed by atoms with E-state index in [-0.39, 0.29) is 5.91 Å². The molecule has 0 spiro atoms. The molecule has 0 aromatic heterocycles. The van der Waals surface area contributed by atoms with E-state index in [0.29, 0.717) is 16.3 Å². The number of esters is 1. The van der Waals surface area contributed by atoms with Crippen LogP contribution in [0.5, 0.6) is 0 Å². The quantitative estimate of drug-likeness (QED) is 0.665. The third-order valence-corrected chi connectivity index (χ3v) is 2.16. The summed E-state index contributed by atoms with van der Waals surface area (Å²) in [4.78, 5) is 22.0. The second-order valence-electron chi connectivity index (χ2n) is 3.27. The van der Waals surface area contributed by atoms with Crippen LogP contribution in [-0.4, -0.2) is 19.0 Å². The predicted molar refractivity (Wildman–Crippen MR) is 66.8 cm³/mol. The molecule has 4 nitrogen and oxygen atoms in total. The molecule has 1 aromatic rings. The lowest BCUT2D eigenvalue weighted by molar-refractivity contribution is -0.134. The second-order valence-corrected chi connectivity index (χ2v) is 3.71. The van der Waals surface area contributed by atoms with Crippen LogP contribution < -0.4 is 5.32 Å². The maximum atomic E-state index is 11.0. The van der Waals surface area contributed by atoms with Gasteiger partial charge in [-0.25, -0.2) is 4.79 Å². The fourth-order valence-electron chi connectivity index (χ4n) is 1.20. The van der Waals surface area contributed by atoms with E-state index in [9.17, 15) is 9.59 Å². The molecule has 0 fully saturated rings. The fraction of sp³-hybridized carbons (Fsp3) is 0.167. The van der Waals surface area contributed by atoms with Gasteiger partial charge in [-0.1, -0.05) is 17.7 Å². The van der Waals surface area contributed by atoms with Crippen molar-refractivity contribution in [1.29, 1.82) is 0 Å². The minimum absolute atomic E-state index is 0.208. The zero-order valence-corrected chi connectivity index (χ0v) is 10.2. The number of ether oxygens (including phenoxy) is 1. The Balaban J connectivity index is 3.01. The molecular weight excluding hydrogens is 242 g/mol. The van der Waals surface area contributed by atoms with Crippen LogP contribution in [0.2, 0.25) is 5.02 Å².